The van der Waals surface area contributed by atoms with Gasteiger partial charge < -0.3 is 4.90 Å². The minimum Gasteiger partial charge on any atom is -0.302 e. The second-order valence-corrected chi connectivity index (χ2v) is 9.30. The number of likely N-dealkylation sites (N-methyl/N-ethyl adjacent to an activating group) is 1. The predicted molar refractivity (Wildman–Crippen MR) is 137 cm³/mol. The van der Waals surface area contributed by atoms with Gasteiger partial charge >= 0.3 is 0 Å². The SMILES string of the molecule is CCN(CC)CCN(C(=O)Cc1cccc2ccccc12)c1nc2cc(C)c(C)cc2s1. The Bertz CT molecular complexity index is 1200. The van der Waals surface area contributed by atoms with E-state index < -0.39 is 0 Å². The van der Waals surface area contributed by atoms with Gasteiger partial charge in [0.2, 0.25) is 5.91 Å². The molecular formula is C27H31N3OS. The monoisotopic (exact) mass is 445 g/mol. The van der Waals surface area contributed by atoms with Crippen LogP contribution in [0.2, 0.25) is 0 Å². The van der Waals surface area contributed by atoms with E-state index >= 15 is 0 Å². The normalized spacial score (nSPS) is 11.5. The third kappa shape index (κ3) is 4.69. The van der Waals surface area contributed by atoms with Crippen molar-refractivity contribution in [3.05, 3.63) is 71.3 Å². The summed E-state index contributed by atoms with van der Waals surface area (Å²) in [7, 11) is 0. The number of thiazole rings is 1. The van der Waals surface area contributed by atoms with Gasteiger partial charge in [-0.25, -0.2) is 4.98 Å². The van der Waals surface area contributed by atoms with Crippen molar-refractivity contribution in [1.82, 2.24) is 9.88 Å². The van der Waals surface area contributed by atoms with Crippen molar-refractivity contribution in [1.29, 1.82) is 0 Å². The van der Waals surface area contributed by atoms with Crippen LogP contribution < -0.4 is 4.90 Å². The molecule has 0 aliphatic rings. The van der Waals surface area contributed by atoms with E-state index in [2.05, 4.69) is 69.0 Å². The Kier molecular flexibility index (Phi) is 6.87. The molecule has 0 atom stereocenters. The number of hydrogen-bond acceptors (Lipinski definition) is 4. The van der Waals surface area contributed by atoms with Crippen LogP contribution in [0.3, 0.4) is 0 Å². The van der Waals surface area contributed by atoms with Crippen molar-refractivity contribution in [3.63, 3.8) is 0 Å². The average molecular weight is 446 g/mol. The third-order valence-corrected chi connectivity index (χ3v) is 7.32. The molecular weight excluding hydrogens is 414 g/mol. The van der Waals surface area contributed by atoms with Crippen molar-refractivity contribution in [3.8, 4) is 0 Å². The van der Waals surface area contributed by atoms with Crippen molar-refractivity contribution in [2.45, 2.75) is 34.1 Å². The number of carbonyl (C=O) groups is 1. The maximum Gasteiger partial charge on any atom is 0.233 e. The molecule has 0 saturated carbocycles. The molecule has 4 rings (SSSR count). The molecule has 0 aliphatic heterocycles. The summed E-state index contributed by atoms with van der Waals surface area (Å²) in [6.07, 6.45) is 0.369. The van der Waals surface area contributed by atoms with E-state index in [-0.39, 0.29) is 5.91 Å². The first kappa shape index (κ1) is 22.4. The topological polar surface area (TPSA) is 36.4 Å². The van der Waals surface area contributed by atoms with Gasteiger partial charge in [-0.15, -0.1) is 0 Å². The van der Waals surface area contributed by atoms with Gasteiger partial charge in [0.05, 0.1) is 16.6 Å². The molecule has 0 radical (unpaired) electrons. The lowest BCUT2D eigenvalue weighted by atomic mass is 10.0. The fourth-order valence-electron chi connectivity index (χ4n) is 4.10. The molecule has 1 heterocycles. The summed E-state index contributed by atoms with van der Waals surface area (Å²) in [4.78, 5) is 22.8. The maximum atomic E-state index is 13.6. The standard InChI is InChI=1S/C27H31N3OS/c1-5-29(6-2)14-15-30(27-28-24-16-19(3)20(4)17-25(24)32-27)26(31)18-22-12-9-11-21-10-7-8-13-23(21)22/h7-13,16-17H,5-6,14-15,18H2,1-4H3. The number of nitrogens with zero attached hydrogens (tertiary/aromatic N) is 3. The Morgan fingerprint density at radius 2 is 1.66 bits per heavy atom. The zero-order valence-electron chi connectivity index (χ0n) is 19.4. The van der Waals surface area contributed by atoms with Crippen LogP contribution in [0.15, 0.2) is 54.6 Å². The minimum atomic E-state index is 0.0982. The van der Waals surface area contributed by atoms with Gasteiger partial charge in [-0.2, -0.15) is 0 Å². The zero-order valence-corrected chi connectivity index (χ0v) is 20.2. The first-order valence-corrected chi connectivity index (χ1v) is 12.2. The molecule has 0 fully saturated rings. The molecule has 5 heteroatoms. The van der Waals surface area contributed by atoms with Crippen molar-refractivity contribution in [2.75, 3.05) is 31.1 Å². The van der Waals surface area contributed by atoms with Crippen LogP contribution in [-0.2, 0) is 11.2 Å². The van der Waals surface area contributed by atoms with Crippen molar-refractivity contribution in [2.24, 2.45) is 0 Å². The number of carbonyl (C=O) groups excluding carboxylic acids is 1. The second-order valence-electron chi connectivity index (χ2n) is 8.29. The van der Waals surface area contributed by atoms with E-state index in [0.29, 0.717) is 13.0 Å². The lowest BCUT2D eigenvalue weighted by Gasteiger charge is -2.25. The average Bonchev–Trinajstić information content (AvgIpc) is 3.19. The van der Waals surface area contributed by atoms with Gasteiger partial charge in [0.25, 0.3) is 0 Å². The van der Waals surface area contributed by atoms with Gasteiger partial charge in [0.1, 0.15) is 0 Å². The van der Waals surface area contributed by atoms with Crippen LogP contribution in [0.4, 0.5) is 5.13 Å². The molecule has 0 spiro atoms. The van der Waals surface area contributed by atoms with Crippen LogP contribution in [-0.4, -0.2) is 42.0 Å². The molecule has 4 aromatic rings. The number of amides is 1. The Morgan fingerprint density at radius 3 is 2.44 bits per heavy atom. The number of benzene rings is 3. The fraction of sp³-hybridized carbons (Fsp3) is 0.333. The summed E-state index contributed by atoms with van der Waals surface area (Å²) < 4.78 is 1.13. The summed E-state index contributed by atoms with van der Waals surface area (Å²) in [6.45, 7) is 12.0. The number of anilines is 1. The van der Waals surface area contributed by atoms with Crippen molar-refractivity contribution >= 4 is 43.4 Å². The molecule has 1 aromatic heterocycles. The van der Waals surface area contributed by atoms with E-state index in [1.165, 1.54) is 16.5 Å². The Morgan fingerprint density at radius 1 is 0.938 bits per heavy atom. The van der Waals surface area contributed by atoms with E-state index in [1.54, 1.807) is 11.3 Å². The smallest absolute Gasteiger partial charge is 0.233 e. The number of hydrogen-bond donors (Lipinski definition) is 0. The highest BCUT2D eigenvalue weighted by molar-refractivity contribution is 7.22. The highest BCUT2D eigenvalue weighted by atomic mass is 32.1. The summed E-state index contributed by atoms with van der Waals surface area (Å²) in [5, 5.41) is 3.10. The lowest BCUT2D eigenvalue weighted by Crippen LogP contribution is -2.39. The van der Waals surface area contributed by atoms with Crippen molar-refractivity contribution < 1.29 is 4.79 Å². The zero-order chi connectivity index (χ0) is 22.7. The molecule has 4 nitrogen and oxygen atoms in total. The molecule has 1 amide bonds. The summed E-state index contributed by atoms with van der Waals surface area (Å²) in [6, 6.07) is 18.8. The molecule has 0 aliphatic carbocycles. The third-order valence-electron chi connectivity index (χ3n) is 6.28. The molecule has 3 aromatic carbocycles. The van der Waals surface area contributed by atoms with Crippen LogP contribution in [0.1, 0.15) is 30.5 Å². The van der Waals surface area contributed by atoms with Gasteiger partial charge in [0.15, 0.2) is 5.13 Å². The number of aromatic nitrogens is 1. The molecule has 0 unspecified atom stereocenters. The highest BCUT2D eigenvalue weighted by Gasteiger charge is 2.21. The molecule has 0 N–H and O–H groups in total. The van der Waals surface area contributed by atoms with E-state index in [0.717, 1.165) is 45.9 Å². The van der Waals surface area contributed by atoms with Crippen LogP contribution in [0.5, 0.6) is 0 Å². The number of fused-ring (bicyclic) bond motifs is 2. The van der Waals surface area contributed by atoms with Gasteiger partial charge in [-0.1, -0.05) is 67.6 Å². The largest absolute Gasteiger partial charge is 0.302 e. The minimum absolute atomic E-state index is 0.0982. The summed E-state index contributed by atoms with van der Waals surface area (Å²) in [5.74, 6) is 0.0982. The van der Waals surface area contributed by atoms with Crippen LogP contribution >= 0.6 is 11.3 Å². The van der Waals surface area contributed by atoms with Gasteiger partial charge in [0, 0.05) is 13.1 Å². The Balaban J connectivity index is 1.67. The first-order chi connectivity index (χ1) is 15.5. The first-order valence-electron chi connectivity index (χ1n) is 11.4. The van der Waals surface area contributed by atoms with Gasteiger partial charge in [-0.05, 0) is 66.5 Å². The summed E-state index contributed by atoms with van der Waals surface area (Å²) in [5.41, 5.74) is 4.52. The lowest BCUT2D eigenvalue weighted by molar-refractivity contribution is -0.118. The van der Waals surface area contributed by atoms with Crippen LogP contribution in [0, 0.1) is 13.8 Å². The predicted octanol–water partition coefficient (Wildman–Crippen LogP) is 5.98. The molecule has 0 saturated heterocycles. The maximum absolute atomic E-state index is 13.6. The highest BCUT2D eigenvalue weighted by Crippen LogP contribution is 2.31. The van der Waals surface area contributed by atoms with E-state index in [1.807, 2.05) is 23.1 Å². The Hall–Kier alpha value is -2.76. The second kappa shape index (κ2) is 9.80. The quantitative estimate of drug-likeness (QED) is 0.334. The summed E-state index contributed by atoms with van der Waals surface area (Å²) >= 11 is 1.61. The Labute approximate surface area is 194 Å². The molecule has 166 valence electrons. The van der Waals surface area contributed by atoms with E-state index in [9.17, 15) is 4.79 Å². The number of rotatable bonds is 8. The molecule has 32 heavy (non-hydrogen) atoms. The number of aryl methyl sites for hydroxylation is 2. The fourth-order valence-corrected chi connectivity index (χ4v) is 5.19. The van der Waals surface area contributed by atoms with Gasteiger partial charge in [-0.3, -0.25) is 9.69 Å². The van der Waals surface area contributed by atoms with E-state index in [4.69, 9.17) is 4.98 Å². The molecule has 0 bridgehead atoms. The van der Waals surface area contributed by atoms with Crippen LogP contribution in [0.25, 0.3) is 21.0 Å².